The maximum atomic E-state index is 11.9. The lowest BCUT2D eigenvalue weighted by Crippen LogP contribution is -2.38. The van der Waals surface area contributed by atoms with Crippen molar-refractivity contribution < 1.29 is 19.4 Å². The Morgan fingerprint density at radius 2 is 1.53 bits per heavy atom. The van der Waals surface area contributed by atoms with Gasteiger partial charge in [0.15, 0.2) is 6.29 Å². The van der Waals surface area contributed by atoms with E-state index >= 15 is 0 Å². The van der Waals surface area contributed by atoms with E-state index in [-0.39, 0.29) is 31.3 Å². The number of hydrogen-bond donors (Lipinski definition) is 2. The van der Waals surface area contributed by atoms with Crippen LogP contribution in [0.1, 0.15) is 41.6 Å². The van der Waals surface area contributed by atoms with Crippen LogP contribution in [0.5, 0.6) is 0 Å². The Morgan fingerprint density at radius 1 is 0.837 bits per heavy atom. The van der Waals surface area contributed by atoms with Crippen molar-refractivity contribution >= 4 is 52.5 Å². The second-order valence-electron chi connectivity index (χ2n) is 10.4. The van der Waals surface area contributed by atoms with E-state index in [1.54, 1.807) is 11.8 Å². The predicted octanol–water partition coefficient (Wildman–Crippen LogP) is 8.42. The molecule has 0 aliphatic carbocycles. The van der Waals surface area contributed by atoms with Crippen LogP contribution < -0.4 is 5.32 Å². The van der Waals surface area contributed by atoms with E-state index < -0.39 is 16.0 Å². The maximum Gasteiger partial charge on any atom is 0.272 e. The summed E-state index contributed by atoms with van der Waals surface area (Å²) in [6.45, 7) is 2.41. The number of carbonyl (C=O) groups excluding carboxylic acids is 1. The summed E-state index contributed by atoms with van der Waals surface area (Å²) in [5, 5.41) is 12.2. The number of amides is 1. The topological polar surface area (TPSA) is 67.8 Å². The quantitative estimate of drug-likeness (QED) is 0.140. The highest BCUT2D eigenvalue weighted by molar-refractivity contribution is 7.99. The van der Waals surface area contributed by atoms with Gasteiger partial charge in [0.25, 0.3) is 9.70 Å². The second kappa shape index (κ2) is 14.5. The van der Waals surface area contributed by atoms with Gasteiger partial charge >= 0.3 is 0 Å². The lowest BCUT2D eigenvalue weighted by atomic mass is 9.91. The zero-order valence-corrected chi connectivity index (χ0v) is 26.5. The Bertz CT molecular complexity index is 1500. The van der Waals surface area contributed by atoms with Crippen LogP contribution in [0.2, 0.25) is 0 Å². The van der Waals surface area contributed by atoms with E-state index in [1.165, 1.54) is 4.90 Å². The first-order valence-electron chi connectivity index (χ1n) is 13.9. The first-order valence-corrected chi connectivity index (χ1v) is 16.1. The van der Waals surface area contributed by atoms with E-state index in [4.69, 9.17) is 44.3 Å². The molecule has 0 radical (unpaired) electrons. The lowest BCUT2D eigenvalue weighted by molar-refractivity contribution is -0.268. The van der Waals surface area contributed by atoms with Crippen LogP contribution in [-0.2, 0) is 27.4 Å². The molecule has 1 aliphatic heterocycles. The number of ether oxygens (including phenoxy) is 2. The minimum atomic E-state index is -2.00. The van der Waals surface area contributed by atoms with Crippen molar-refractivity contribution in [3.8, 4) is 11.1 Å². The van der Waals surface area contributed by atoms with Crippen molar-refractivity contribution in [2.45, 2.75) is 47.3 Å². The molecule has 43 heavy (non-hydrogen) atoms. The smallest absolute Gasteiger partial charge is 0.272 e. The van der Waals surface area contributed by atoms with Gasteiger partial charge in [-0.1, -0.05) is 127 Å². The average Bonchev–Trinajstić information content (AvgIpc) is 3.03. The second-order valence-corrected chi connectivity index (χ2v) is 13.8. The summed E-state index contributed by atoms with van der Waals surface area (Å²) in [6.07, 6.45) is -0.768. The van der Waals surface area contributed by atoms with Crippen molar-refractivity contribution in [2.75, 3.05) is 5.75 Å². The molecule has 4 aromatic carbocycles. The van der Waals surface area contributed by atoms with Crippen LogP contribution in [0.3, 0.4) is 0 Å². The third kappa shape index (κ3) is 8.34. The van der Waals surface area contributed by atoms with E-state index in [9.17, 15) is 9.90 Å². The molecule has 9 heteroatoms. The Balaban J connectivity index is 1.34. The highest BCUT2D eigenvalue weighted by atomic mass is 35.6. The Labute approximate surface area is 271 Å². The zero-order chi connectivity index (χ0) is 30.4. The third-order valence-electron chi connectivity index (χ3n) is 7.43. The summed E-state index contributed by atoms with van der Waals surface area (Å²) < 4.78 is 11.2. The molecule has 2 N–H and O–H groups in total. The molecular formula is C34H32Cl3NO4S. The molecule has 0 aromatic heterocycles. The Morgan fingerprint density at radius 3 is 2.21 bits per heavy atom. The van der Waals surface area contributed by atoms with Crippen molar-refractivity contribution in [3.63, 3.8) is 0 Å². The first-order chi connectivity index (χ1) is 20.7. The van der Waals surface area contributed by atoms with Gasteiger partial charge in [-0.15, -0.1) is 11.8 Å². The molecule has 0 bridgehead atoms. The SMILES string of the molecule is CC1C(CSc2ccccc2)OC(c2ccc(-c3cccc(CNC(=O)C(Cl)(Cl)Cl)c3)cc2)OC1c1ccc(CO)cc1. The molecule has 0 saturated carbocycles. The lowest BCUT2D eigenvalue weighted by Gasteiger charge is -2.41. The minimum Gasteiger partial charge on any atom is -0.392 e. The molecule has 0 spiro atoms. The van der Waals surface area contributed by atoms with Gasteiger partial charge in [-0.3, -0.25) is 4.79 Å². The molecule has 1 amide bonds. The number of nitrogens with one attached hydrogen (secondary N) is 1. The van der Waals surface area contributed by atoms with E-state index in [2.05, 4.69) is 24.4 Å². The van der Waals surface area contributed by atoms with Gasteiger partial charge in [-0.2, -0.15) is 0 Å². The fourth-order valence-electron chi connectivity index (χ4n) is 4.98. The predicted molar refractivity (Wildman–Crippen MR) is 174 cm³/mol. The fraction of sp³-hybridized carbons (Fsp3) is 0.265. The molecular weight excluding hydrogens is 625 g/mol. The minimum absolute atomic E-state index is 0.00227. The molecule has 5 nitrogen and oxygen atoms in total. The Kier molecular flexibility index (Phi) is 10.7. The number of aliphatic hydroxyl groups excluding tert-OH is 1. The van der Waals surface area contributed by atoms with Gasteiger partial charge in [-0.05, 0) is 46.0 Å². The summed E-state index contributed by atoms with van der Waals surface area (Å²) in [7, 11) is 0. The molecule has 4 aromatic rings. The highest BCUT2D eigenvalue weighted by Gasteiger charge is 2.38. The molecule has 5 rings (SSSR count). The Hall–Kier alpha value is -2.55. The van der Waals surface area contributed by atoms with Crippen molar-refractivity contribution in [2.24, 2.45) is 5.92 Å². The van der Waals surface area contributed by atoms with Gasteiger partial charge in [0.05, 0.1) is 18.8 Å². The van der Waals surface area contributed by atoms with Gasteiger partial charge < -0.3 is 19.9 Å². The van der Waals surface area contributed by atoms with Crippen LogP contribution in [0, 0.1) is 5.92 Å². The number of carbonyl (C=O) groups is 1. The largest absolute Gasteiger partial charge is 0.392 e. The van der Waals surface area contributed by atoms with Crippen LogP contribution in [-0.4, -0.2) is 26.7 Å². The van der Waals surface area contributed by atoms with E-state index in [1.807, 2.05) is 91.0 Å². The van der Waals surface area contributed by atoms with Crippen molar-refractivity contribution in [1.29, 1.82) is 0 Å². The zero-order valence-electron chi connectivity index (χ0n) is 23.5. The van der Waals surface area contributed by atoms with Crippen molar-refractivity contribution in [1.82, 2.24) is 5.32 Å². The van der Waals surface area contributed by atoms with Gasteiger partial charge in [0.1, 0.15) is 0 Å². The summed E-state index contributed by atoms with van der Waals surface area (Å²) in [4.78, 5) is 13.1. The number of aliphatic hydroxyl groups is 1. The van der Waals surface area contributed by atoms with Crippen LogP contribution in [0.25, 0.3) is 11.1 Å². The van der Waals surface area contributed by atoms with E-state index in [0.717, 1.165) is 39.1 Å². The standard InChI is InChI=1S/C34H32Cl3NO4S/c1-22-30(21-43-29-8-3-2-4-9-29)41-32(42-31(22)26-12-10-23(20-39)11-13-26)27-16-14-25(15-17-27)28-7-5-6-24(18-28)19-38-33(40)34(35,36)37/h2-18,22,30-32,39H,19-21H2,1H3,(H,38,40). The monoisotopic (exact) mass is 655 g/mol. The van der Waals surface area contributed by atoms with Crippen LogP contribution in [0.15, 0.2) is 108 Å². The first kappa shape index (κ1) is 31.9. The molecule has 4 unspecified atom stereocenters. The van der Waals surface area contributed by atoms with E-state index in [0.29, 0.717) is 0 Å². The summed E-state index contributed by atoms with van der Waals surface area (Å²) in [5.41, 5.74) is 5.73. The molecule has 4 atom stereocenters. The molecule has 1 saturated heterocycles. The number of alkyl halides is 3. The van der Waals surface area contributed by atoms with Crippen LogP contribution >= 0.6 is 46.6 Å². The van der Waals surface area contributed by atoms with Crippen molar-refractivity contribution in [3.05, 3.63) is 125 Å². The molecule has 224 valence electrons. The van der Waals surface area contributed by atoms with Gasteiger partial charge in [0, 0.05) is 28.7 Å². The number of benzene rings is 4. The summed E-state index contributed by atoms with van der Waals surface area (Å²) in [5.74, 6) is 0.226. The van der Waals surface area contributed by atoms with Gasteiger partial charge in [-0.25, -0.2) is 0 Å². The summed E-state index contributed by atoms with van der Waals surface area (Å²) >= 11 is 18.8. The third-order valence-corrected chi connectivity index (χ3v) is 9.05. The van der Waals surface area contributed by atoms with Gasteiger partial charge in [0.2, 0.25) is 0 Å². The molecule has 1 heterocycles. The number of thioether (sulfide) groups is 1. The molecule has 1 fully saturated rings. The maximum absolute atomic E-state index is 11.9. The number of halogens is 3. The highest BCUT2D eigenvalue weighted by Crippen LogP contribution is 2.43. The fourth-order valence-corrected chi connectivity index (χ4v) is 6.27. The summed E-state index contributed by atoms with van der Waals surface area (Å²) in [6, 6.07) is 34.2. The average molecular weight is 657 g/mol. The number of rotatable bonds is 9. The molecule has 1 aliphatic rings. The number of hydrogen-bond acceptors (Lipinski definition) is 5. The normalized spacial score (nSPS) is 20.5. The van der Waals surface area contributed by atoms with Crippen LogP contribution in [0.4, 0.5) is 0 Å².